The van der Waals surface area contributed by atoms with E-state index < -0.39 is 24.3 Å². The van der Waals surface area contributed by atoms with Gasteiger partial charge in [-0.15, -0.1) is 0 Å². The smallest absolute Gasteiger partial charge is 0.338 e. The first kappa shape index (κ1) is 20.5. The van der Waals surface area contributed by atoms with Gasteiger partial charge in [-0.1, -0.05) is 11.6 Å². The fourth-order valence-electron chi connectivity index (χ4n) is 2.17. The van der Waals surface area contributed by atoms with E-state index in [0.29, 0.717) is 24.7 Å². The van der Waals surface area contributed by atoms with Crippen molar-refractivity contribution in [2.24, 2.45) is 0 Å². The van der Waals surface area contributed by atoms with Crippen LogP contribution in [0.3, 0.4) is 0 Å². The summed E-state index contributed by atoms with van der Waals surface area (Å²) in [5, 5.41) is 2.51. The number of hydrogen-bond donors (Lipinski definition) is 1. The van der Waals surface area contributed by atoms with Gasteiger partial charge in [0, 0.05) is 5.02 Å². The van der Waals surface area contributed by atoms with Gasteiger partial charge in [0.05, 0.1) is 24.5 Å². The predicted molar refractivity (Wildman–Crippen MR) is 99.1 cm³/mol. The maximum atomic E-state index is 13.7. The van der Waals surface area contributed by atoms with Crippen LogP contribution >= 0.6 is 11.6 Å². The number of rotatable bonds is 8. The number of nitrogens with one attached hydrogen (secondary N) is 1. The zero-order valence-corrected chi connectivity index (χ0v) is 15.6. The van der Waals surface area contributed by atoms with Crippen molar-refractivity contribution in [3.63, 3.8) is 0 Å². The Hall–Kier alpha value is -2.80. The topological polar surface area (TPSA) is 73.9 Å². The molecule has 0 aliphatic carbocycles. The minimum absolute atomic E-state index is 0.0554. The van der Waals surface area contributed by atoms with Crippen LogP contribution in [0.4, 0.5) is 10.1 Å². The highest BCUT2D eigenvalue weighted by atomic mass is 35.5. The molecule has 0 aromatic heterocycles. The van der Waals surface area contributed by atoms with Crippen LogP contribution in [-0.4, -0.2) is 31.7 Å². The molecule has 0 radical (unpaired) electrons. The SMILES string of the molecule is CCOc1ccc(C(=O)OCC(=O)Nc2ccc(Cl)cc2F)cc1OCC. The molecule has 1 N–H and O–H groups in total. The van der Waals surface area contributed by atoms with Gasteiger partial charge in [-0.25, -0.2) is 9.18 Å². The largest absolute Gasteiger partial charge is 0.490 e. The van der Waals surface area contributed by atoms with Crippen molar-refractivity contribution in [2.45, 2.75) is 13.8 Å². The average Bonchev–Trinajstić information content (AvgIpc) is 2.64. The van der Waals surface area contributed by atoms with Gasteiger partial charge in [0.25, 0.3) is 5.91 Å². The third-order valence-corrected chi connectivity index (χ3v) is 3.55. The Morgan fingerprint density at radius 1 is 1.04 bits per heavy atom. The van der Waals surface area contributed by atoms with Crippen molar-refractivity contribution in [2.75, 3.05) is 25.1 Å². The summed E-state index contributed by atoms with van der Waals surface area (Å²) in [5.74, 6) is -1.17. The van der Waals surface area contributed by atoms with Crippen LogP contribution < -0.4 is 14.8 Å². The van der Waals surface area contributed by atoms with Gasteiger partial charge in [0.15, 0.2) is 18.1 Å². The molecule has 0 aliphatic rings. The number of hydrogen-bond acceptors (Lipinski definition) is 5. The van der Waals surface area contributed by atoms with E-state index in [2.05, 4.69) is 5.32 Å². The van der Waals surface area contributed by atoms with E-state index in [4.69, 9.17) is 25.8 Å². The predicted octanol–water partition coefficient (Wildman–Crippen LogP) is 4.07. The van der Waals surface area contributed by atoms with Gasteiger partial charge in [-0.2, -0.15) is 0 Å². The quantitative estimate of drug-likeness (QED) is 0.682. The van der Waals surface area contributed by atoms with Crippen molar-refractivity contribution in [3.8, 4) is 11.5 Å². The molecule has 0 heterocycles. The summed E-state index contributed by atoms with van der Waals surface area (Å²) < 4.78 is 29.5. The molecule has 6 nitrogen and oxygen atoms in total. The van der Waals surface area contributed by atoms with Gasteiger partial charge in [-0.3, -0.25) is 4.79 Å². The van der Waals surface area contributed by atoms with Crippen LogP contribution in [0.15, 0.2) is 36.4 Å². The monoisotopic (exact) mass is 395 g/mol. The Balaban J connectivity index is 1.98. The lowest BCUT2D eigenvalue weighted by molar-refractivity contribution is -0.119. The molecule has 0 fully saturated rings. The molecule has 0 spiro atoms. The number of halogens is 2. The lowest BCUT2D eigenvalue weighted by Crippen LogP contribution is -2.21. The molecule has 0 bridgehead atoms. The van der Waals surface area contributed by atoms with Crippen LogP contribution in [0.2, 0.25) is 5.02 Å². The molecule has 144 valence electrons. The number of ether oxygens (including phenoxy) is 3. The Morgan fingerprint density at radius 2 is 1.74 bits per heavy atom. The fraction of sp³-hybridized carbons (Fsp3) is 0.263. The number of anilines is 1. The van der Waals surface area contributed by atoms with E-state index in [1.54, 1.807) is 13.0 Å². The van der Waals surface area contributed by atoms with Crippen LogP contribution in [0, 0.1) is 5.82 Å². The Kier molecular flexibility index (Phi) is 7.43. The lowest BCUT2D eigenvalue weighted by atomic mass is 10.2. The summed E-state index contributed by atoms with van der Waals surface area (Å²) in [6.07, 6.45) is 0. The van der Waals surface area contributed by atoms with Crippen LogP contribution in [0.1, 0.15) is 24.2 Å². The summed E-state index contributed by atoms with van der Waals surface area (Å²) in [6.45, 7) is 3.91. The fourth-order valence-corrected chi connectivity index (χ4v) is 2.33. The molecule has 0 atom stereocenters. The molecule has 27 heavy (non-hydrogen) atoms. The maximum absolute atomic E-state index is 13.7. The van der Waals surface area contributed by atoms with Gasteiger partial charge in [0.1, 0.15) is 5.82 Å². The number of benzene rings is 2. The van der Waals surface area contributed by atoms with Crippen molar-refractivity contribution >= 4 is 29.2 Å². The number of esters is 1. The van der Waals surface area contributed by atoms with E-state index in [1.165, 1.54) is 24.3 Å². The second kappa shape index (κ2) is 9.78. The van der Waals surface area contributed by atoms with Crippen molar-refractivity contribution in [3.05, 3.63) is 52.8 Å². The molecule has 0 unspecified atom stereocenters. The van der Waals surface area contributed by atoms with E-state index in [0.717, 1.165) is 6.07 Å². The Labute approximate surface area is 161 Å². The maximum Gasteiger partial charge on any atom is 0.338 e. The Bertz CT molecular complexity index is 828. The summed E-state index contributed by atoms with van der Waals surface area (Å²) in [7, 11) is 0. The molecule has 8 heteroatoms. The van der Waals surface area contributed by atoms with Gasteiger partial charge in [-0.05, 0) is 50.2 Å². The minimum atomic E-state index is -0.717. The third-order valence-electron chi connectivity index (χ3n) is 3.32. The van der Waals surface area contributed by atoms with Crippen molar-refractivity contribution in [1.82, 2.24) is 0 Å². The first-order valence-electron chi connectivity index (χ1n) is 8.26. The first-order chi connectivity index (χ1) is 12.9. The van der Waals surface area contributed by atoms with E-state index >= 15 is 0 Å². The highest BCUT2D eigenvalue weighted by Crippen LogP contribution is 2.28. The molecule has 0 saturated carbocycles. The second-order valence-electron chi connectivity index (χ2n) is 5.28. The number of carbonyl (C=O) groups excluding carboxylic acids is 2. The summed E-state index contributed by atoms with van der Waals surface area (Å²) in [5.41, 5.74) is 0.146. The molecule has 1 amide bonds. The van der Waals surface area contributed by atoms with E-state index in [1.807, 2.05) is 6.92 Å². The lowest BCUT2D eigenvalue weighted by Gasteiger charge is -2.12. The molecular weight excluding hydrogens is 377 g/mol. The van der Waals surface area contributed by atoms with Crippen LogP contribution in [0.5, 0.6) is 11.5 Å². The van der Waals surface area contributed by atoms with Gasteiger partial charge >= 0.3 is 5.97 Å². The molecule has 0 aliphatic heterocycles. The molecule has 2 aromatic carbocycles. The highest BCUT2D eigenvalue weighted by molar-refractivity contribution is 6.30. The zero-order valence-electron chi connectivity index (χ0n) is 14.9. The van der Waals surface area contributed by atoms with E-state index in [9.17, 15) is 14.0 Å². The number of amides is 1. The molecular formula is C19H19ClFNO5. The second-order valence-corrected chi connectivity index (χ2v) is 5.71. The van der Waals surface area contributed by atoms with Crippen LogP contribution in [0.25, 0.3) is 0 Å². The van der Waals surface area contributed by atoms with Crippen molar-refractivity contribution in [1.29, 1.82) is 0 Å². The van der Waals surface area contributed by atoms with Crippen molar-refractivity contribution < 1.29 is 28.2 Å². The molecule has 2 aromatic rings. The average molecular weight is 396 g/mol. The molecule has 0 saturated heterocycles. The highest BCUT2D eigenvalue weighted by Gasteiger charge is 2.15. The summed E-state index contributed by atoms with van der Waals surface area (Å²) in [4.78, 5) is 24.0. The first-order valence-corrected chi connectivity index (χ1v) is 8.64. The van der Waals surface area contributed by atoms with Crippen LogP contribution in [-0.2, 0) is 9.53 Å². The standard InChI is InChI=1S/C19H19ClFNO5/c1-3-25-16-8-5-12(9-17(16)26-4-2)19(24)27-11-18(23)22-15-7-6-13(20)10-14(15)21/h5-10H,3-4,11H2,1-2H3,(H,22,23). The van der Waals surface area contributed by atoms with E-state index in [-0.39, 0.29) is 16.3 Å². The third kappa shape index (κ3) is 5.86. The normalized spacial score (nSPS) is 10.2. The molecule has 2 rings (SSSR count). The Morgan fingerprint density at radius 3 is 2.41 bits per heavy atom. The minimum Gasteiger partial charge on any atom is -0.490 e. The number of carbonyl (C=O) groups is 2. The van der Waals surface area contributed by atoms with Gasteiger partial charge < -0.3 is 19.5 Å². The van der Waals surface area contributed by atoms with Gasteiger partial charge in [0.2, 0.25) is 0 Å². The summed E-state index contributed by atoms with van der Waals surface area (Å²) >= 11 is 5.65. The zero-order chi connectivity index (χ0) is 19.8. The summed E-state index contributed by atoms with van der Waals surface area (Å²) in [6, 6.07) is 8.40.